The van der Waals surface area contributed by atoms with Gasteiger partial charge in [-0.3, -0.25) is 0 Å². The van der Waals surface area contributed by atoms with Gasteiger partial charge < -0.3 is 4.74 Å². The molecule has 0 spiro atoms. The Bertz CT molecular complexity index is 405. The summed E-state index contributed by atoms with van der Waals surface area (Å²) in [6.45, 7) is 7.58. The zero-order valence-corrected chi connectivity index (χ0v) is 11.0. The van der Waals surface area contributed by atoms with Crippen molar-refractivity contribution in [2.45, 2.75) is 25.1 Å². The number of ether oxygens (including phenoxy) is 1. The molecule has 0 bridgehead atoms. The lowest BCUT2D eigenvalue weighted by Crippen LogP contribution is -2.13. The number of esters is 1. The van der Waals surface area contributed by atoms with Crippen molar-refractivity contribution in [3.05, 3.63) is 48.0 Å². The smallest absolute Gasteiger partial charge is 0.330 e. The number of alkyl halides is 1. The maximum atomic E-state index is 10.9. The minimum absolute atomic E-state index is 0.342. The molecule has 0 saturated carbocycles. The standard InChI is InChI=1S/C14H17ClO2/c1-4-13(16)17-10-9-11-7-5-6-8-12(11)14(2,3)15/h4-8H,1,9-10H2,2-3H3. The van der Waals surface area contributed by atoms with Gasteiger partial charge in [0.05, 0.1) is 11.5 Å². The Hall–Kier alpha value is -1.28. The highest BCUT2D eigenvalue weighted by Gasteiger charge is 2.19. The van der Waals surface area contributed by atoms with E-state index >= 15 is 0 Å². The average Bonchev–Trinajstić information content (AvgIpc) is 2.28. The molecule has 0 saturated heterocycles. The van der Waals surface area contributed by atoms with Crippen molar-refractivity contribution in [2.24, 2.45) is 0 Å². The van der Waals surface area contributed by atoms with Gasteiger partial charge in [0.25, 0.3) is 0 Å². The molecule has 0 fully saturated rings. The summed E-state index contributed by atoms with van der Waals surface area (Å²) in [5.74, 6) is -0.396. The minimum atomic E-state index is -0.418. The molecule has 0 N–H and O–H groups in total. The van der Waals surface area contributed by atoms with E-state index in [-0.39, 0.29) is 0 Å². The number of carbonyl (C=O) groups excluding carboxylic acids is 1. The lowest BCUT2D eigenvalue weighted by Gasteiger charge is -2.20. The minimum Gasteiger partial charge on any atom is -0.462 e. The van der Waals surface area contributed by atoms with Crippen molar-refractivity contribution in [3.63, 3.8) is 0 Å². The van der Waals surface area contributed by atoms with Crippen LogP contribution in [0.25, 0.3) is 0 Å². The van der Waals surface area contributed by atoms with E-state index in [0.29, 0.717) is 13.0 Å². The van der Waals surface area contributed by atoms with Crippen LogP contribution in [-0.2, 0) is 20.8 Å². The molecule has 17 heavy (non-hydrogen) atoms. The van der Waals surface area contributed by atoms with Crippen molar-refractivity contribution in [3.8, 4) is 0 Å². The average molecular weight is 253 g/mol. The quantitative estimate of drug-likeness (QED) is 0.456. The third-order valence-corrected chi connectivity index (χ3v) is 2.64. The largest absolute Gasteiger partial charge is 0.462 e. The molecular weight excluding hydrogens is 236 g/mol. The first-order valence-corrected chi connectivity index (χ1v) is 5.89. The third-order valence-electron chi connectivity index (χ3n) is 2.44. The highest BCUT2D eigenvalue weighted by Crippen LogP contribution is 2.30. The summed E-state index contributed by atoms with van der Waals surface area (Å²) in [7, 11) is 0. The van der Waals surface area contributed by atoms with Crippen LogP contribution in [0, 0.1) is 0 Å². The predicted octanol–water partition coefficient (Wildman–Crippen LogP) is 3.43. The van der Waals surface area contributed by atoms with Crippen LogP contribution in [0.15, 0.2) is 36.9 Å². The van der Waals surface area contributed by atoms with E-state index in [1.54, 1.807) is 0 Å². The van der Waals surface area contributed by atoms with E-state index < -0.39 is 10.8 Å². The number of rotatable bonds is 5. The molecular formula is C14H17ClO2. The molecule has 0 atom stereocenters. The first-order valence-electron chi connectivity index (χ1n) is 5.51. The van der Waals surface area contributed by atoms with Crippen LogP contribution in [0.5, 0.6) is 0 Å². The van der Waals surface area contributed by atoms with Gasteiger partial charge in [0, 0.05) is 12.5 Å². The molecule has 2 nitrogen and oxygen atoms in total. The molecule has 0 amide bonds. The van der Waals surface area contributed by atoms with E-state index in [1.807, 2.05) is 38.1 Å². The van der Waals surface area contributed by atoms with Crippen molar-refractivity contribution >= 4 is 17.6 Å². The molecule has 0 aliphatic heterocycles. The van der Waals surface area contributed by atoms with Gasteiger partial charge in [-0.05, 0) is 25.0 Å². The molecule has 92 valence electrons. The second kappa shape index (κ2) is 5.87. The second-order valence-corrected chi connectivity index (χ2v) is 5.20. The Morgan fingerprint density at radius 2 is 2.12 bits per heavy atom. The summed E-state index contributed by atoms with van der Waals surface area (Å²) in [4.78, 5) is 10.5. The van der Waals surface area contributed by atoms with Crippen LogP contribution >= 0.6 is 11.6 Å². The van der Waals surface area contributed by atoms with Gasteiger partial charge in [-0.2, -0.15) is 0 Å². The van der Waals surface area contributed by atoms with Gasteiger partial charge in [0.1, 0.15) is 0 Å². The Morgan fingerprint density at radius 3 is 2.71 bits per heavy atom. The number of carbonyl (C=O) groups is 1. The number of halogens is 1. The van der Waals surface area contributed by atoms with Crippen LogP contribution in [0.1, 0.15) is 25.0 Å². The third kappa shape index (κ3) is 4.23. The molecule has 1 aromatic carbocycles. The summed E-state index contributed by atoms with van der Waals surface area (Å²) in [5, 5.41) is 0. The Morgan fingerprint density at radius 1 is 1.47 bits per heavy atom. The van der Waals surface area contributed by atoms with E-state index in [9.17, 15) is 4.79 Å². The first kappa shape index (κ1) is 13.8. The molecule has 1 aromatic rings. The van der Waals surface area contributed by atoms with Crippen LogP contribution in [0.4, 0.5) is 0 Å². The van der Waals surface area contributed by atoms with Gasteiger partial charge in [-0.25, -0.2) is 4.79 Å². The lowest BCUT2D eigenvalue weighted by molar-refractivity contribution is -0.137. The number of hydrogen-bond acceptors (Lipinski definition) is 2. The molecule has 0 aliphatic carbocycles. The SMILES string of the molecule is C=CC(=O)OCCc1ccccc1C(C)(C)Cl. The van der Waals surface area contributed by atoms with Crippen molar-refractivity contribution in [1.82, 2.24) is 0 Å². The number of hydrogen-bond donors (Lipinski definition) is 0. The normalized spacial score (nSPS) is 11.0. The second-order valence-electron chi connectivity index (χ2n) is 4.25. The summed E-state index contributed by atoms with van der Waals surface area (Å²) < 4.78 is 4.96. The van der Waals surface area contributed by atoms with Gasteiger partial charge in [0.2, 0.25) is 0 Å². The monoisotopic (exact) mass is 252 g/mol. The highest BCUT2D eigenvalue weighted by molar-refractivity contribution is 6.23. The molecule has 0 aliphatic rings. The first-order chi connectivity index (χ1) is 7.95. The Balaban J connectivity index is 2.71. The fourth-order valence-electron chi connectivity index (χ4n) is 1.64. The summed E-state index contributed by atoms with van der Waals surface area (Å²) in [6, 6.07) is 7.91. The van der Waals surface area contributed by atoms with Gasteiger partial charge in [-0.15, -0.1) is 11.6 Å². The fraction of sp³-hybridized carbons (Fsp3) is 0.357. The molecule has 1 rings (SSSR count). The summed E-state index contributed by atoms with van der Waals surface area (Å²) in [5.41, 5.74) is 2.17. The van der Waals surface area contributed by atoms with Crippen LogP contribution in [-0.4, -0.2) is 12.6 Å². The zero-order valence-electron chi connectivity index (χ0n) is 10.2. The Kier molecular flexibility index (Phi) is 4.76. The number of benzene rings is 1. The highest BCUT2D eigenvalue weighted by atomic mass is 35.5. The van der Waals surface area contributed by atoms with Crippen molar-refractivity contribution < 1.29 is 9.53 Å². The van der Waals surface area contributed by atoms with Crippen molar-refractivity contribution in [2.75, 3.05) is 6.61 Å². The Labute approximate surface area is 107 Å². The van der Waals surface area contributed by atoms with E-state index in [4.69, 9.17) is 16.3 Å². The van der Waals surface area contributed by atoms with Crippen molar-refractivity contribution in [1.29, 1.82) is 0 Å². The predicted molar refractivity (Wildman–Crippen MR) is 70.2 cm³/mol. The van der Waals surface area contributed by atoms with Gasteiger partial charge >= 0.3 is 5.97 Å². The van der Waals surface area contributed by atoms with Crippen LogP contribution in [0.3, 0.4) is 0 Å². The topological polar surface area (TPSA) is 26.3 Å². The molecule has 3 heteroatoms. The van der Waals surface area contributed by atoms with Gasteiger partial charge in [0.15, 0.2) is 0 Å². The lowest BCUT2D eigenvalue weighted by atomic mass is 9.95. The van der Waals surface area contributed by atoms with E-state index in [0.717, 1.165) is 17.2 Å². The molecule has 0 aromatic heterocycles. The van der Waals surface area contributed by atoms with E-state index in [2.05, 4.69) is 6.58 Å². The maximum Gasteiger partial charge on any atom is 0.330 e. The fourth-order valence-corrected chi connectivity index (χ4v) is 1.82. The molecule has 0 radical (unpaired) electrons. The zero-order chi connectivity index (χ0) is 12.9. The molecule has 0 heterocycles. The summed E-state index contributed by atoms with van der Waals surface area (Å²) in [6.07, 6.45) is 1.82. The van der Waals surface area contributed by atoms with E-state index in [1.165, 1.54) is 0 Å². The summed E-state index contributed by atoms with van der Waals surface area (Å²) >= 11 is 6.31. The van der Waals surface area contributed by atoms with Crippen LogP contribution < -0.4 is 0 Å². The van der Waals surface area contributed by atoms with Crippen LogP contribution in [0.2, 0.25) is 0 Å². The maximum absolute atomic E-state index is 10.9. The van der Waals surface area contributed by atoms with Gasteiger partial charge in [-0.1, -0.05) is 30.8 Å². The molecule has 0 unspecified atom stereocenters.